The van der Waals surface area contributed by atoms with Crippen molar-refractivity contribution < 1.29 is 29.7 Å². The molecule has 0 rings (SSSR count). The van der Waals surface area contributed by atoms with E-state index in [0.717, 1.165) is 18.2 Å². The van der Waals surface area contributed by atoms with Gasteiger partial charge in [0.1, 0.15) is 0 Å². The molecule has 0 amide bonds. The molecule has 0 bridgehead atoms. The van der Waals surface area contributed by atoms with Crippen LogP contribution in [-0.4, -0.2) is 37.7 Å². The Balaban J connectivity index is -0.0000000865. The van der Waals surface area contributed by atoms with Gasteiger partial charge >= 0.3 is 19.8 Å². The van der Waals surface area contributed by atoms with Gasteiger partial charge in [-0.25, -0.2) is 0 Å². The zero-order valence-corrected chi connectivity index (χ0v) is 16.3. The van der Waals surface area contributed by atoms with Gasteiger partial charge in [-0.05, 0) is 33.2 Å². The molecule has 0 aromatic heterocycles. The van der Waals surface area contributed by atoms with Gasteiger partial charge in [-0.15, -0.1) is 0 Å². The average molecular weight is 520 g/mol. The first kappa shape index (κ1) is 27.1. The molecule has 0 unspecified atom stereocenters. The maximum Gasteiger partial charge on any atom is 3.00 e. The van der Waals surface area contributed by atoms with Crippen LogP contribution in [-0.2, 0) is 14.4 Å². The van der Waals surface area contributed by atoms with Crippen molar-refractivity contribution in [3.63, 3.8) is 0 Å². The number of carboxylic acids is 3. The quantitative estimate of drug-likeness (QED) is 0.333. The van der Waals surface area contributed by atoms with Gasteiger partial charge < -0.3 is 29.7 Å². The van der Waals surface area contributed by atoms with Crippen LogP contribution in [0.5, 0.6) is 0 Å². The zero-order valence-electron chi connectivity index (χ0n) is 9.12. The zero-order chi connectivity index (χ0) is 15.0. The van der Waals surface area contributed by atoms with Gasteiger partial charge in [0.15, 0.2) is 0 Å². The number of hydrogen-bond acceptors (Lipinski definition) is 6. The normalized spacial score (nSPS) is 9.00. The van der Waals surface area contributed by atoms with E-state index in [4.69, 9.17) is 0 Å². The second-order valence-corrected chi connectivity index (χ2v) is 3.42. The van der Waals surface area contributed by atoms with Gasteiger partial charge in [0.2, 0.25) is 0 Å². The number of carboxylic acid groups (broad SMARTS) is 3. The Bertz CT molecular complexity index is 289. The molecule has 19 heavy (non-hydrogen) atoms. The van der Waals surface area contributed by atoms with Crippen molar-refractivity contribution in [2.75, 3.05) is 0 Å². The molecule has 0 aliphatic rings. The van der Waals surface area contributed by atoms with Crippen molar-refractivity contribution in [1.29, 1.82) is 0 Å². The first-order chi connectivity index (χ1) is 8.31. The molecule has 0 N–H and O–H groups in total. The third-order valence-corrected chi connectivity index (χ3v) is 1.39. The monoisotopic (exact) mass is 516 g/mol. The molecule has 0 saturated carbocycles. The second kappa shape index (κ2) is 22.8. The van der Waals surface area contributed by atoms with Gasteiger partial charge in [0, 0.05) is 0 Å². The van der Waals surface area contributed by atoms with E-state index in [9.17, 15) is 29.7 Å². The maximum absolute atomic E-state index is 9.37. The van der Waals surface area contributed by atoms with E-state index in [2.05, 4.69) is 47.8 Å². The Kier molecular flexibility index (Phi) is 32.6. The summed E-state index contributed by atoms with van der Waals surface area (Å²) in [6.45, 7) is 0. The summed E-state index contributed by atoms with van der Waals surface area (Å²) in [7, 11) is 0. The summed E-state index contributed by atoms with van der Waals surface area (Å²) in [4.78, 5) is 31.8. The largest absolute Gasteiger partial charge is 3.00 e. The number of aliphatic carboxylic acids is 3. The minimum absolute atomic E-state index is 0. The van der Waals surface area contributed by atoms with E-state index in [1.54, 1.807) is 0 Å². The molecule has 0 aliphatic heterocycles. The molecule has 0 aromatic rings. The Labute approximate surface area is 147 Å². The fourth-order valence-electron chi connectivity index (χ4n) is 0.154. The van der Waals surface area contributed by atoms with Gasteiger partial charge in [-0.1, -0.05) is 47.8 Å². The fourth-order valence-corrected chi connectivity index (χ4v) is 0.802. The van der Waals surface area contributed by atoms with Crippen LogP contribution in [0.15, 0.2) is 33.2 Å². The van der Waals surface area contributed by atoms with Crippen LogP contribution in [0.2, 0.25) is 0 Å². The van der Waals surface area contributed by atoms with E-state index < -0.39 is 17.9 Å². The minimum atomic E-state index is -1.19. The Hall–Kier alpha value is -0.294. The molecule has 10 heteroatoms. The van der Waals surface area contributed by atoms with Crippen molar-refractivity contribution in [2.24, 2.45) is 0 Å². The molecule has 0 saturated heterocycles. The molecule has 0 heterocycles. The summed E-state index contributed by atoms with van der Waals surface area (Å²) in [5, 5.41) is 28.1. The van der Waals surface area contributed by atoms with Crippen LogP contribution in [0.3, 0.4) is 0 Å². The number of halogens is 3. The number of rotatable bonds is 3. The van der Waals surface area contributed by atoms with Gasteiger partial charge in [0.25, 0.3) is 0 Å². The predicted octanol–water partition coefficient (Wildman–Crippen LogP) is -1.45. The van der Waals surface area contributed by atoms with Crippen LogP contribution < -0.4 is 15.3 Å². The average Bonchev–Trinajstić information content (AvgIpc) is 2.18. The smallest absolute Gasteiger partial charge is 0.545 e. The summed E-state index contributed by atoms with van der Waals surface area (Å²) in [6, 6.07) is 0. The van der Waals surface area contributed by atoms with Crippen molar-refractivity contribution in [3.05, 3.63) is 33.2 Å². The van der Waals surface area contributed by atoms with Gasteiger partial charge in [0.05, 0.1) is 17.9 Å². The number of carbonyl (C=O) groups excluding carboxylic acids is 3. The third-order valence-electron chi connectivity index (χ3n) is 0.597. The Morgan fingerprint density at radius 2 is 0.789 bits per heavy atom. The van der Waals surface area contributed by atoms with Crippen LogP contribution in [0.4, 0.5) is 0 Å². The van der Waals surface area contributed by atoms with Gasteiger partial charge in [-0.2, -0.15) is 0 Å². The molecule has 0 aliphatic carbocycles. The first-order valence-corrected chi connectivity index (χ1v) is 6.49. The maximum atomic E-state index is 9.37. The minimum Gasteiger partial charge on any atom is -0.545 e. The summed E-state index contributed by atoms with van der Waals surface area (Å²) in [5.41, 5.74) is 0. The van der Waals surface area contributed by atoms with E-state index in [1.165, 1.54) is 15.0 Å². The first-order valence-electron chi connectivity index (χ1n) is 3.75. The molecule has 0 radical (unpaired) electrons. The Morgan fingerprint density at radius 3 is 0.789 bits per heavy atom. The fraction of sp³-hybridized carbons (Fsp3) is 0. The summed E-state index contributed by atoms with van der Waals surface area (Å²) in [5.74, 6) is -3.56. The van der Waals surface area contributed by atoms with E-state index in [1.807, 2.05) is 0 Å². The SMILES string of the molecule is O=C([O-])/C=C/Br.O=C([O-])/C=C/Br.O=C([O-])/C=C/Br.[Ga+3]. The van der Waals surface area contributed by atoms with Crippen molar-refractivity contribution in [3.8, 4) is 0 Å². The van der Waals surface area contributed by atoms with E-state index in [-0.39, 0.29) is 19.8 Å². The van der Waals surface area contributed by atoms with Crippen LogP contribution in [0.25, 0.3) is 0 Å². The van der Waals surface area contributed by atoms with E-state index in [0.29, 0.717) is 0 Å². The number of carbonyl (C=O) groups is 3. The summed E-state index contributed by atoms with van der Waals surface area (Å²) in [6.07, 6.45) is 2.67. The molecule has 102 valence electrons. The van der Waals surface area contributed by atoms with Crippen molar-refractivity contribution in [1.82, 2.24) is 0 Å². The topological polar surface area (TPSA) is 120 Å². The molecular formula is C9H6Br3GaO6. The standard InChI is InChI=1S/3C3H3BrO2.Ga/c3*4-2-1-3(5)6;/h3*1-2H,(H,5,6);/q;;;+3/p-3/b3*2-1+;. The van der Waals surface area contributed by atoms with Crippen LogP contribution in [0, 0.1) is 0 Å². The third kappa shape index (κ3) is 57.6. The van der Waals surface area contributed by atoms with Crippen LogP contribution >= 0.6 is 47.8 Å². The van der Waals surface area contributed by atoms with Crippen molar-refractivity contribution in [2.45, 2.75) is 0 Å². The summed E-state index contributed by atoms with van der Waals surface area (Å²) < 4.78 is 0. The van der Waals surface area contributed by atoms with Crippen molar-refractivity contribution >= 4 is 85.5 Å². The molecule has 0 atom stereocenters. The molecule has 0 spiro atoms. The number of hydrogen-bond donors (Lipinski definition) is 0. The Morgan fingerprint density at radius 1 is 0.632 bits per heavy atom. The van der Waals surface area contributed by atoms with E-state index >= 15 is 0 Å². The van der Waals surface area contributed by atoms with Crippen LogP contribution in [0.1, 0.15) is 0 Å². The molecule has 6 nitrogen and oxygen atoms in total. The summed E-state index contributed by atoms with van der Waals surface area (Å²) >= 11 is 8.25. The predicted molar refractivity (Wildman–Crippen MR) is 75.0 cm³/mol. The molecule has 0 aromatic carbocycles. The second-order valence-electron chi connectivity index (χ2n) is 1.84. The molecule has 0 fully saturated rings. The van der Waals surface area contributed by atoms with Gasteiger partial charge in [-0.3, -0.25) is 0 Å². The molecular weight excluding hydrogens is 514 g/mol.